The van der Waals surface area contributed by atoms with Crippen LogP contribution in [0.2, 0.25) is 5.02 Å². The third-order valence-electron chi connectivity index (χ3n) is 2.89. The molecule has 0 aliphatic carbocycles. The van der Waals surface area contributed by atoms with Crippen molar-refractivity contribution in [3.05, 3.63) is 53.1 Å². The molecule has 4 N–H and O–H groups in total. The Kier molecular flexibility index (Phi) is 4.18. The number of nitrogens with zero attached hydrogens (tertiary/aromatic N) is 1. The number of alkyl halides is 3. The molecule has 0 unspecified atom stereocenters. The highest BCUT2D eigenvalue weighted by molar-refractivity contribution is 6.31. The van der Waals surface area contributed by atoms with Gasteiger partial charge in [-0.3, -0.25) is 4.90 Å². The summed E-state index contributed by atoms with van der Waals surface area (Å²) in [6, 6.07) is 7.49. The summed E-state index contributed by atoms with van der Waals surface area (Å²) in [5, 5.41) is 0.266. The molecule has 2 rings (SSSR count). The summed E-state index contributed by atoms with van der Waals surface area (Å²) in [7, 11) is 0. The zero-order valence-corrected chi connectivity index (χ0v) is 11.8. The second kappa shape index (κ2) is 5.76. The molecule has 22 heavy (non-hydrogen) atoms. The van der Waals surface area contributed by atoms with Crippen molar-refractivity contribution >= 4 is 34.7 Å². The lowest BCUT2D eigenvalue weighted by atomic mass is 10.1. The summed E-state index contributed by atoms with van der Waals surface area (Å²) in [6.45, 7) is 0. The number of halogens is 4. The standard InChI is InChI=1S/C14H11ClF3N3O/c15-9-4-5-11(19)12(7-9)21(13(20)22)10-3-1-2-8(6-10)14(16,17)18/h1-7H,19H2,(H2,20,22). The topological polar surface area (TPSA) is 72.4 Å². The van der Waals surface area contributed by atoms with Crippen molar-refractivity contribution in [2.75, 3.05) is 10.6 Å². The molecule has 8 heteroatoms. The van der Waals surface area contributed by atoms with Crippen LogP contribution in [0.1, 0.15) is 5.56 Å². The highest BCUT2D eigenvalue weighted by atomic mass is 35.5. The second-order valence-electron chi connectivity index (χ2n) is 4.42. The van der Waals surface area contributed by atoms with Crippen LogP contribution in [-0.4, -0.2) is 6.03 Å². The number of benzene rings is 2. The first kappa shape index (κ1) is 16.0. The summed E-state index contributed by atoms with van der Waals surface area (Å²) in [5.74, 6) is 0. The average Bonchev–Trinajstić information content (AvgIpc) is 2.42. The number of amides is 2. The zero-order valence-electron chi connectivity index (χ0n) is 11.1. The van der Waals surface area contributed by atoms with Crippen molar-refractivity contribution in [3.63, 3.8) is 0 Å². The molecule has 0 saturated carbocycles. The number of nitrogen functional groups attached to an aromatic ring is 1. The predicted octanol–water partition coefficient (Wildman–Crippen LogP) is 4.16. The summed E-state index contributed by atoms with van der Waals surface area (Å²) < 4.78 is 38.4. The Bertz CT molecular complexity index is 719. The Hall–Kier alpha value is -2.41. The van der Waals surface area contributed by atoms with E-state index in [4.69, 9.17) is 23.1 Å². The van der Waals surface area contributed by atoms with Crippen molar-refractivity contribution in [3.8, 4) is 0 Å². The normalized spacial score (nSPS) is 11.3. The van der Waals surface area contributed by atoms with E-state index in [2.05, 4.69) is 0 Å². The van der Waals surface area contributed by atoms with E-state index in [-0.39, 0.29) is 22.1 Å². The van der Waals surface area contributed by atoms with Crippen LogP contribution in [0.25, 0.3) is 0 Å². The van der Waals surface area contributed by atoms with Gasteiger partial charge in [0.2, 0.25) is 0 Å². The lowest BCUT2D eigenvalue weighted by Gasteiger charge is -2.23. The SMILES string of the molecule is NC(=O)N(c1cccc(C(F)(F)F)c1)c1cc(Cl)ccc1N. The van der Waals surface area contributed by atoms with E-state index >= 15 is 0 Å². The largest absolute Gasteiger partial charge is 0.416 e. The first-order valence-electron chi connectivity index (χ1n) is 6.02. The molecule has 0 spiro atoms. The average molecular weight is 330 g/mol. The Morgan fingerprint density at radius 2 is 1.82 bits per heavy atom. The third kappa shape index (κ3) is 3.25. The smallest absolute Gasteiger partial charge is 0.397 e. The van der Waals surface area contributed by atoms with Gasteiger partial charge in [0.25, 0.3) is 0 Å². The van der Waals surface area contributed by atoms with Gasteiger partial charge < -0.3 is 11.5 Å². The minimum absolute atomic E-state index is 0.0590. The molecule has 0 aromatic heterocycles. The van der Waals surface area contributed by atoms with E-state index in [1.165, 1.54) is 30.3 Å². The molecule has 4 nitrogen and oxygen atoms in total. The molecule has 0 radical (unpaired) electrons. The van der Waals surface area contributed by atoms with Crippen LogP contribution in [-0.2, 0) is 6.18 Å². The van der Waals surface area contributed by atoms with Gasteiger partial charge in [-0.15, -0.1) is 0 Å². The van der Waals surface area contributed by atoms with E-state index in [0.29, 0.717) is 0 Å². The Morgan fingerprint density at radius 1 is 1.14 bits per heavy atom. The van der Waals surface area contributed by atoms with Crippen LogP contribution in [0.3, 0.4) is 0 Å². The third-order valence-corrected chi connectivity index (χ3v) is 3.12. The monoisotopic (exact) mass is 329 g/mol. The number of rotatable bonds is 2. The fourth-order valence-electron chi connectivity index (χ4n) is 1.92. The highest BCUT2D eigenvalue weighted by Crippen LogP contribution is 2.36. The number of carbonyl (C=O) groups is 1. The van der Waals surface area contributed by atoms with Crippen LogP contribution in [0.4, 0.5) is 35.0 Å². The molecule has 116 valence electrons. The number of primary amides is 1. The number of hydrogen-bond acceptors (Lipinski definition) is 2. The molecule has 2 aromatic rings. The highest BCUT2D eigenvalue weighted by Gasteiger charge is 2.31. The maximum atomic E-state index is 12.8. The number of anilines is 3. The van der Waals surface area contributed by atoms with Gasteiger partial charge in [0.15, 0.2) is 0 Å². The van der Waals surface area contributed by atoms with Crippen LogP contribution >= 0.6 is 11.6 Å². The van der Waals surface area contributed by atoms with Gasteiger partial charge in [-0.2, -0.15) is 13.2 Å². The van der Waals surface area contributed by atoms with E-state index in [1.54, 1.807) is 0 Å². The predicted molar refractivity (Wildman–Crippen MR) is 79.0 cm³/mol. The number of carbonyl (C=O) groups excluding carboxylic acids is 1. The minimum Gasteiger partial charge on any atom is -0.397 e. The van der Waals surface area contributed by atoms with Gasteiger partial charge in [0, 0.05) is 5.02 Å². The lowest BCUT2D eigenvalue weighted by Crippen LogP contribution is -2.32. The van der Waals surface area contributed by atoms with Crippen molar-refractivity contribution in [2.24, 2.45) is 5.73 Å². The maximum Gasteiger partial charge on any atom is 0.416 e. The number of nitrogens with two attached hydrogens (primary N) is 2. The molecule has 2 aromatic carbocycles. The first-order chi connectivity index (χ1) is 10.2. The van der Waals surface area contributed by atoms with E-state index in [9.17, 15) is 18.0 Å². The lowest BCUT2D eigenvalue weighted by molar-refractivity contribution is -0.137. The van der Waals surface area contributed by atoms with Gasteiger partial charge in [-0.05, 0) is 36.4 Å². The van der Waals surface area contributed by atoms with E-state index in [1.807, 2.05) is 0 Å². The molecule has 0 saturated heterocycles. The molecule has 2 amide bonds. The van der Waals surface area contributed by atoms with Crippen LogP contribution in [0.15, 0.2) is 42.5 Å². The van der Waals surface area contributed by atoms with Crippen molar-refractivity contribution in [1.29, 1.82) is 0 Å². The summed E-state index contributed by atoms with van der Waals surface area (Å²) in [6.07, 6.45) is -4.54. The summed E-state index contributed by atoms with van der Waals surface area (Å²) in [4.78, 5) is 12.6. The number of urea groups is 1. The molecule has 0 fully saturated rings. The molecule has 0 aliphatic rings. The van der Waals surface area contributed by atoms with Gasteiger partial charge in [0.1, 0.15) is 0 Å². The number of hydrogen-bond donors (Lipinski definition) is 2. The van der Waals surface area contributed by atoms with Crippen LogP contribution in [0.5, 0.6) is 0 Å². The van der Waals surface area contributed by atoms with E-state index < -0.39 is 17.8 Å². The minimum atomic E-state index is -4.54. The molecular formula is C14H11ClF3N3O. The van der Waals surface area contributed by atoms with Crippen molar-refractivity contribution in [2.45, 2.75) is 6.18 Å². The van der Waals surface area contributed by atoms with E-state index in [0.717, 1.165) is 17.0 Å². The summed E-state index contributed by atoms with van der Waals surface area (Å²) >= 11 is 5.84. The maximum absolute atomic E-state index is 12.8. The Labute approximate surface area is 129 Å². The van der Waals surface area contributed by atoms with Gasteiger partial charge in [-0.1, -0.05) is 17.7 Å². The molecular weight excluding hydrogens is 319 g/mol. The van der Waals surface area contributed by atoms with Crippen LogP contribution < -0.4 is 16.4 Å². The van der Waals surface area contributed by atoms with Crippen molar-refractivity contribution in [1.82, 2.24) is 0 Å². The Morgan fingerprint density at radius 3 is 2.41 bits per heavy atom. The summed E-state index contributed by atoms with van der Waals surface area (Å²) in [5.41, 5.74) is 10.3. The fraction of sp³-hybridized carbons (Fsp3) is 0.0714. The quantitative estimate of drug-likeness (QED) is 0.812. The molecule has 0 aliphatic heterocycles. The molecule has 0 bridgehead atoms. The van der Waals surface area contributed by atoms with Crippen molar-refractivity contribution < 1.29 is 18.0 Å². The molecule has 0 atom stereocenters. The zero-order chi connectivity index (χ0) is 16.5. The van der Waals surface area contributed by atoms with Gasteiger partial charge >= 0.3 is 12.2 Å². The second-order valence-corrected chi connectivity index (χ2v) is 4.86. The van der Waals surface area contributed by atoms with Gasteiger partial charge in [0.05, 0.1) is 22.6 Å². The van der Waals surface area contributed by atoms with Crippen LogP contribution in [0, 0.1) is 0 Å². The molecule has 0 heterocycles. The fourth-order valence-corrected chi connectivity index (χ4v) is 2.08. The first-order valence-corrected chi connectivity index (χ1v) is 6.40. The Balaban J connectivity index is 2.59. The van der Waals surface area contributed by atoms with Gasteiger partial charge in [-0.25, -0.2) is 4.79 Å².